The zero-order valence-electron chi connectivity index (χ0n) is 15.7. The van der Waals surface area contributed by atoms with Crippen LogP contribution in [0.25, 0.3) is 16.7 Å². The van der Waals surface area contributed by atoms with Crippen LogP contribution in [0.4, 0.5) is 5.69 Å². The van der Waals surface area contributed by atoms with Crippen LogP contribution in [-0.2, 0) is 11.2 Å². The van der Waals surface area contributed by atoms with Crippen LogP contribution in [0.5, 0.6) is 0 Å². The van der Waals surface area contributed by atoms with Gasteiger partial charge in [-0.1, -0.05) is 38.8 Å². The van der Waals surface area contributed by atoms with Crippen LogP contribution in [0.2, 0.25) is 0 Å². The van der Waals surface area contributed by atoms with Gasteiger partial charge in [0.15, 0.2) is 0 Å². The number of aryl methyl sites for hydroxylation is 2. The Morgan fingerprint density at radius 2 is 1.73 bits per heavy atom. The average molecular weight is 350 g/mol. The summed E-state index contributed by atoms with van der Waals surface area (Å²) in [6.45, 7) is 6.25. The van der Waals surface area contributed by atoms with Crippen LogP contribution in [0.3, 0.4) is 0 Å². The summed E-state index contributed by atoms with van der Waals surface area (Å²) >= 11 is 0. The molecule has 5 heteroatoms. The third-order valence-corrected chi connectivity index (χ3v) is 4.58. The lowest BCUT2D eigenvalue weighted by Crippen LogP contribution is -2.12. The highest BCUT2D eigenvalue weighted by molar-refractivity contribution is 5.94. The number of unbranched alkanes of at least 4 members (excludes halogenated alkanes) is 2. The van der Waals surface area contributed by atoms with Crippen molar-refractivity contribution in [3.05, 3.63) is 47.5 Å². The van der Waals surface area contributed by atoms with Crippen LogP contribution in [0, 0.1) is 6.92 Å². The smallest absolute Gasteiger partial charge is 0.224 e. The normalized spacial score (nSPS) is 11.0. The number of carbonyl (C=O) groups is 1. The predicted molar refractivity (Wildman–Crippen MR) is 106 cm³/mol. The van der Waals surface area contributed by atoms with Crippen LogP contribution in [-0.4, -0.2) is 20.9 Å². The zero-order chi connectivity index (χ0) is 18.5. The van der Waals surface area contributed by atoms with Gasteiger partial charge in [0.25, 0.3) is 0 Å². The Kier molecular flexibility index (Phi) is 5.66. The molecule has 0 unspecified atom stereocenters. The topological polar surface area (TPSA) is 59.8 Å². The summed E-state index contributed by atoms with van der Waals surface area (Å²) in [5.74, 6) is 0.0587. The second-order valence-electron chi connectivity index (χ2n) is 6.67. The lowest BCUT2D eigenvalue weighted by Gasteiger charge is -2.07. The van der Waals surface area contributed by atoms with E-state index in [0.29, 0.717) is 6.42 Å². The van der Waals surface area contributed by atoms with Crippen LogP contribution < -0.4 is 5.32 Å². The first-order chi connectivity index (χ1) is 12.6. The van der Waals surface area contributed by atoms with Gasteiger partial charge in [-0.25, -0.2) is 0 Å². The Labute approximate surface area is 154 Å². The van der Waals surface area contributed by atoms with Crippen LogP contribution in [0.15, 0.2) is 36.4 Å². The summed E-state index contributed by atoms with van der Waals surface area (Å²) in [6.07, 6.45) is 4.68. The van der Waals surface area contributed by atoms with Crippen molar-refractivity contribution in [1.29, 1.82) is 0 Å². The fourth-order valence-corrected chi connectivity index (χ4v) is 2.93. The summed E-state index contributed by atoms with van der Waals surface area (Å²) < 4.78 is 0. The molecule has 1 N–H and O–H groups in total. The monoisotopic (exact) mass is 350 g/mol. The molecule has 0 aliphatic carbocycles. The van der Waals surface area contributed by atoms with E-state index in [1.807, 2.05) is 31.2 Å². The highest BCUT2D eigenvalue weighted by atomic mass is 16.1. The van der Waals surface area contributed by atoms with E-state index in [-0.39, 0.29) is 5.91 Å². The van der Waals surface area contributed by atoms with Crippen molar-refractivity contribution in [3.63, 3.8) is 0 Å². The molecule has 0 fully saturated rings. The molecule has 0 aliphatic heterocycles. The number of amides is 1. The molecule has 136 valence electrons. The maximum atomic E-state index is 12.1. The second kappa shape index (κ2) is 8.13. The van der Waals surface area contributed by atoms with Gasteiger partial charge >= 0.3 is 0 Å². The molecule has 26 heavy (non-hydrogen) atoms. The van der Waals surface area contributed by atoms with E-state index >= 15 is 0 Å². The first-order valence-electron chi connectivity index (χ1n) is 9.37. The van der Waals surface area contributed by atoms with Gasteiger partial charge in [0, 0.05) is 12.1 Å². The number of anilines is 1. The van der Waals surface area contributed by atoms with Gasteiger partial charge in [0.2, 0.25) is 5.91 Å². The van der Waals surface area contributed by atoms with Gasteiger partial charge in [-0.15, -0.1) is 10.2 Å². The van der Waals surface area contributed by atoms with E-state index in [1.54, 1.807) is 4.80 Å². The standard InChI is InChI=1S/C21H26N4O/c1-4-6-7-8-21(26)22-18-14-20-19(13-15(18)3)23-25(24-20)17-11-9-16(5-2)10-12-17/h9-14H,4-8H2,1-3H3,(H,22,26). The fourth-order valence-electron chi connectivity index (χ4n) is 2.93. The van der Waals surface area contributed by atoms with Crippen LogP contribution in [0.1, 0.15) is 50.7 Å². The molecule has 2 aromatic carbocycles. The zero-order valence-corrected chi connectivity index (χ0v) is 15.7. The largest absolute Gasteiger partial charge is 0.326 e. The molecule has 5 nitrogen and oxygen atoms in total. The number of benzene rings is 2. The summed E-state index contributed by atoms with van der Waals surface area (Å²) in [5, 5.41) is 12.2. The lowest BCUT2D eigenvalue weighted by molar-refractivity contribution is -0.116. The molecule has 0 aliphatic rings. The van der Waals surface area contributed by atoms with E-state index in [2.05, 4.69) is 41.5 Å². The van der Waals surface area contributed by atoms with Crippen molar-refractivity contribution in [3.8, 4) is 5.69 Å². The molecule has 0 spiro atoms. The first kappa shape index (κ1) is 18.1. The van der Waals surface area contributed by atoms with Gasteiger partial charge in [-0.05, 0) is 55.2 Å². The summed E-state index contributed by atoms with van der Waals surface area (Å²) in [5.41, 5.74) is 5.63. The van der Waals surface area contributed by atoms with Gasteiger partial charge in [0.1, 0.15) is 11.0 Å². The minimum Gasteiger partial charge on any atom is -0.326 e. The van der Waals surface area contributed by atoms with Gasteiger partial charge < -0.3 is 5.32 Å². The highest BCUT2D eigenvalue weighted by Gasteiger charge is 2.10. The number of aromatic nitrogens is 3. The van der Waals surface area contributed by atoms with Crippen LogP contribution >= 0.6 is 0 Å². The number of fused-ring (bicyclic) bond motifs is 1. The first-order valence-corrected chi connectivity index (χ1v) is 9.37. The predicted octanol–water partition coefficient (Wildman–Crippen LogP) is 4.81. The number of nitrogens with zero attached hydrogens (tertiary/aromatic N) is 3. The quantitative estimate of drug-likeness (QED) is 0.622. The van der Waals surface area contributed by atoms with Crippen molar-refractivity contribution >= 4 is 22.6 Å². The maximum Gasteiger partial charge on any atom is 0.224 e. The summed E-state index contributed by atoms with van der Waals surface area (Å²) in [4.78, 5) is 13.8. The third-order valence-electron chi connectivity index (χ3n) is 4.58. The number of carbonyl (C=O) groups excluding carboxylic acids is 1. The molecule has 0 saturated carbocycles. The summed E-state index contributed by atoms with van der Waals surface area (Å²) in [7, 11) is 0. The van der Waals surface area contributed by atoms with E-state index in [4.69, 9.17) is 0 Å². The van der Waals surface area contributed by atoms with Crippen molar-refractivity contribution in [2.75, 3.05) is 5.32 Å². The average Bonchev–Trinajstić information content (AvgIpc) is 3.05. The second-order valence-corrected chi connectivity index (χ2v) is 6.67. The minimum absolute atomic E-state index is 0.0587. The number of hydrogen-bond acceptors (Lipinski definition) is 3. The Balaban J connectivity index is 1.82. The van der Waals surface area contributed by atoms with E-state index in [0.717, 1.165) is 53.7 Å². The molecular formula is C21H26N4O. The Hall–Kier alpha value is -2.69. The Bertz CT molecular complexity index is 896. The molecule has 1 heterocycles. The Morgan fingerprint density at radius 1 is 1.04 bits per heavy atom. The molecule has 0 atom stereocenters. The molecular weight excluding hydrogens is 324 g/mol. The van der Waals surface area contributed by atoms with Gasteiger partial charge in [0.05, 0.1) is 5.69 Å². The van der Waals surface area contributed by atoms with Crippen molar-refractivity contribution in [2.24, 2.45) is 0 Å². The molecule has 3 rings (SSSR count). The van der Waals surface area contributed by atoms with Gasteiger partial charge in [-0.3, -0.25) is 4.79 Å². The fraction of sp³-hybridized carbons (Fsp3) is 0.381. The third kappa shape index (κ3) is 4.10. The van der Waals surface area contributed by atoms with Gasteiger partial charge in [-0.2, -0.15) is 4.80 Å². The number of hydrogen-bond donors (Lipinski definition) is 1. The lowest BCUT2D eigenvalue weighted by atomic mass is 10.1. The molecule has 3 aromatic rings. The molecule has 1 amide bonds. The maximum absolute atomic E-state index is 12.1. The Morgan fingerprint density at radius 3 is 2.38 bits per heavy atom. The van der Waals surface area contributed by atoms with Crippen molar-refractivity contribution in [2.45, 2.75) is 52.9 Å². The number of rotatable bonds is 7. The molecule has 0 saturated heterocycles. The SMILES string of the molecule is CCCCCC(=O)Nc1cc2nn(-c3ccc(CC)cc3)nc2cc1C. The molecule has 0 radical (unpaired) electrons. The number of nitrogens with one attached hydrogen (secondary N) is 1. The van der Waals surface area contributed by atoms with Crippen molar-refractivity contribution in [1.82, 2.24) is 15.0 Å². The summed E-state index contributed by atoms with van der Waals surface area (Å²) in [6, 6.07) is 12.1. The highest BCUT2D eigenvalue weighted by Crippen LogP contribution is 2.22. The van der Waals surface area contributed by atoms with E-state index < -0.39 is 0 Å². The minimum atomic E-state index is 0.0587. The van der Waals surface area contributed by atoms with Crippen molar-refractivity contribution < 1.29 is 4.79 Å². The molecule has 1 aromatic heterocycles. The van der Waals surface area contributed by atoms with E-state index in [9.17, 15) is 4.79 Å². The molecule has 0 bridgehead atoms. The van der Waals surface area contributed by atoms with E-state index in [1.165, 1.54) is 5.56 Å².